The molecule has 0 fully saturated rings. The van der Waals surface area contributed by atoms with E-state index in [0.29, 0.717) is 12.8 Å². The maximum absolute atomic E-state index is 11.3. The molecule has 2 rings (SSSR count). The number of carboxylic acid groups (broad SMARTS) is 1. The van der Waals surface area contributed by atoms with Crippen LogP contribution in [0.2, 0.25) is 0 Å². The lowest BCUT2D eigenvalue weighted by Crippen LogP contribution is -2.28. The van der Waals surface area contributed by atoms with Crippen molar-refractivity contribution >= 4 is 27.4 Å². The Morgan fingerprint density at radius 3 is 2.71 bits per heavy atom. The van der Waals surface area contributed by atoms with Crippen LogP contribution >= 0.6 is 11.3 Å². The highest BCUT2D eigenvalue weighted by atomic mass is 32.1. The van der Waals surface area contributed by atoms with Gasteiger partial charge in [-0.1, -0.05) is 25.1 Å². The smallest absolute Gasteiger partial charge is 0.309 e. The molecule has 0 bridgehead atoms. The Morgan fingerprint density at radius 1 is 1.41 bits per heavy atom. The van der Waals surface area contributed by atoms with E-state index in [2.05, 4.69) is 18.2 Å². The number of carboxylic acids is 1. The second-order valence-electron chi connectivity index (χ2n) is 4.65. The number of rotatable bonds is 4. The zero-order valence-corrected chi connectivity index (χ0v) is 10.9. The van der Waals surface area contributed by atoms with Gasteiger partial charge >= 0.3 is 5.97 Å². The van der Waals surface area contributed by atoms with E-state index in [1.807, 2.05) is 26.0 Å². The predicted octanol–water partition coefficient (Wildman–Crippen LogP) is 3.94. The maximum Gasteiger partial charge on any atom is 0.309 e. The number of thiophene rings is 1. The molecule has 1 atom stereocenters. The third-order valence-corrected chi connectivity index (χ3v) is 4.45. The number of hydrogen-bond acceptors (Lipinski definition) is 2. The van der Waals surface area contributed by atoms with Crippen molar-refractivity contribution in [1.82, 2.24) is 0 Å². The molecule has 2 nitrogen and oxygen atoms in total. The third-order valence-electron chi connectivity index (χ3n) is 3.34. The molecule has 1 unspecified atom stereocenters. The van der Waals surface area contributed by atoms with Crippen LogP contribution in [0.1, 0.15) is 25.1 Å². The maximum atomic E-state index is 11.3. The average molecular weight is 248 g/mol. The van der Waals surface area contributed by atoms with Crippen molar-refractivity contribution < 1.29 is 9.90 Å². The van der Waals surface area contributed by atoms with E-state index < -0.39 is 11.4 Å². The van der Waals surface area contributed by atoms with Crippen molar-refractivity contribution in [2.75, 3.05) is 0 Å². The van der Waals surface area contributed by atoms with Gasteiger partial charge in [0.1, 0.15) is 0 Å². The van der Waals surface area contributed by atoms with Gasteiger partial charge in [-0.3, -0.25) is 4.79 Å². The summed E-state index contributed by atoms with van der Waals surface area (Å²) < 4.78 is 1.23. The normalized spacial score (nSPS) is 14.7. The molecular weight excluding hydrogens is 232 g/mol. The van der Waals surface area contributed by atoms with Crippen molar-refractivity contribution in [1.29, 1.82) is 0 Å². The van der Waals surface area contributed by atoms with Gasteiger partial charge < -0.3 is 5.11 Å². The summed E-state index contributed by atoms with van der Waals surface area (Å²) in [6.07, 6.45) is 1.26. The van der Waals surface area contributed by atoms with Gasteiger partial charge in [-0.25, -0.2) is 0 Å². The van der Waals surface area contributed by atoms with Gasteiger partial charge in [0.05, 0.1) is 5.41 Å². The Morgan fingerprint density at radius 2 is 2.12 bits per heavy atom. The molecule has 3 heteroatoms. The molecule has 0 aliphatic heterocycles. The molecule has 0 radical (unpaired) electrons. The predicted molar refractivity (Wildman–Crippen MR) is 71.6 cm³/mol. The standard InChI is InChI=1S/C14H16O2S/c1-3-14(2,13(15)16)9-11-8-10-6-4-5-7-12(10)17-11/h4-8H,3,9H2,1-2H3,(H,15,16). The quantitative estimate of drug-likeness (QED) is 0.889. The molecule has 0 saturated carbocycles. The first-order chi connectivity index (χ1) is 8.05. The van der Waals surface area contributed by atoms with E-state index in [9.17, 15) is 9.90 Å². The van der Waals surface area contributed by atoms with Gasteiger partial charge in [-0.15, -0.1) is 11.3 Å². The largest absolute Gasteiger partial charge is 0.481 e. The molecule has 0 amide bonds. The number of aliphatic carboxylic acids is 1. The first kappa shape index (κ1) is 12.1. The summed E-state index contributed by atoms with van der Waals surface area (Å²) in [5.41, 5.74) is -0.652. The highest BCUT2D eigenvalue weighted by molar-refractivity contribution is 7.19. The molecule has 0 saturated heterocycles. The highest BCUT2D eigenvalue weighted by Gasteiger charge is 2.31. The number of fused-ring (bicyclic) bond motifs is 1. The fraction of sp³-hybridized carbons (Fsp3) is 0.357. The van der Waals surface area contributed by atoms with Gasteiger partial charge in [-0.2, -0.15) is 0 Å². The molecule has 2 aromatic rings. The third kappa shape index (κ3) is 2.34. The molecule has 90 valence electrons. The molecule has 0 spiro atoms. The average Bonchev–Trinajstić information content (AvgIpc) is 2.70. The van der Waals surface area contributed by atoms with Gasteiger partial charge in [0.25, 0.3) is 0 Å². The van der Waals surface area contributed by atoms with Gasteiger partial charge in [0.15, 0.2) is 0 Å². The number of hydrogen-bond donors (Lipinski definition) is 1. The number of carbonyl (C=O) groups is 1. The zero-order valence-electron chi connectivity index (χ0n) is 10.1. The second-order valence-corrected chi connectivity index (χ2v) is 5.82. The molecule has 1 heterocycles. The summed E-state index contributed by atoms with van der Waals surface area (Å²) in [7, 11) is 0. The van der Waals surface area contributed by atoms with E-state index in [0.717, 1.165) is 4.88 Å². The molecule has 0 aliphatic rings. The zero-order chi connectivity index (χ0) is 12.5. The Hall–Kier alpha value is -1.35. The summed E-state index contributed by atoms with van der Waals surface area (Å²) in [4.78, 5) is 12.4. The monoisotopic (exact) mass is 248 g/mol. The van der Waals surface area contributed by atoms with E-state index >= 15 is 0 Å². The lowest BCUT2D eigenvalue weighted by Gasteiger charge is -2.21. The molecule has 1 aromatic heterocycles. The Labute approximate surface area is 105 Å². The number of benzene rings is 1. The fourth-order valence-electron chi connectivity index (χ4n) is 1.86. The van der Waals surface area contributed by atoms with Crippen LogP contribution in [-0.2, 0) is 11.2 Å². The lowest BCUT2D eigenvalue weighted by molar-refractivity contribution is -0.148. The van der Waals surface area contributed by atoms with Crippen molar-refractivity contribution in [2.24, 2.45) is 5.41 Å². The Kier molecular flexibility index (Phi) is 3.20. The summed E-state index contributed by atoms with van der Waals surface area (Å²) in [5.74, 6) is -0.711. The molecule has 17 heavy (non-hydrogen) atoms. The van der Waals surface area contributed by atoms with Crippen LogP contribution in [0.5, 0.6) is 0 Å². The molecule has 1 N–H and O–H groups in total. The molecular formula is C14H16O2S. The Bertz CT molecular complexity index is 511. The van der Waals surface area contributed by atoms with Crippen LogP contribution in [0.4, 0.5) is 0 Å². The topological polar surface area (TPSA) is 37.3 Å². The fourth-order valence-corrected chi connectivity index (χ4v) is 3.11. The summed E-state index contributed by atoms with van der Waals surface area (Å²) in [5, 5.41) is 10.5. The van der Waals surface area contributed by atoms with Crippen molar-refractivity contribution in [3.63, 3.8) is 0 Å². The van der Waals surface area contributed by atoms with Crippen LogP contribution in [-0.4, -0.2) is 11.1 Å². The van der Waals surface area contributed by atoms with Crippen molar-refractivity contribution in [3.05, 3.63) is 35.2 Å². The van der Waals surface area contributed by atoms with Crippen LogP contribution in [0.25, 0.3) is 10.1 Å². The highest BCUT2D eigenvalue weighted by Crippen LogP contribution is 2.33. The minimum atomic E-state index is -0.711. The van der Waals surface area contributed by atoms with Crippen LogP contribution in [0.15, 0.2) is 30.3 Å². The first-order valence-corrected chi connectivity index (χ1v) is 6.57. The van der Waals surface area contributed by atoms with Crippen LogP contribution < -0.4 is 0 Å². The van der Waals surface area contributed by atoms with Gasteiger partial charge in [-0.05, 0) is 37.3 Å². The summed E-state index contributed by atoms with van der Waals surface area (Å²) >= 11 is 1.69. The lowest BCUT2D eigenvalue weighted by atomic mass is 9.83. The first-order valence-electron chi connectivity index (χ1n) is 5.76. The molecule has 0 aliphatic carbocycles. The van der Waals surface area contributed by atoms with E-state index in [-0.39, 0.29) is 0 Å². The second kappa shape index (κ2) is 4.49. The van der Waals surface area contributed by atoms with Crippen LogP contribution in [0, 0.1) is 5.41 Å². The van der Waals surface area contributed by atoms with E-state index in [4.69, 9.17) is 0 Å². The minimum absolute atomic E-state index is 0.609. The van der Waals surface area contributed by atoms with E-state index in [1.165, 1.54) is 10.1 Å². The minimum Gasteiger partial charge on any atom is -0.481 e. The van der Waals surface area contributed by atoms with Crippen molar-refractivity contribution in [2.45, 2.75) is 26.7 Å². The van der Waals surface area contributed by atoms with E-state index in [1.54, 1.807) is 11.3 Å². The summed E-state index contributed by atoms with van der Waals surface area (Å²) in [6, 6.07) is 10.3. The van der Waals surface area contributed by atoms with Crippen LogP contribution in [0.3, 0.4) is 0 Å². The van der Waals surface area contributed by atoms with Gasteiger partial charge in [0, 0.05) is 9.58 Å². The SMILES string of the molecule is CCC(C)(Cc1cc2ccccc2s1)C(=O)O. The summed E-state index contributed by atoms with van der Waals surface area (Å²) in [6.45, 7) is 3.75. The molecule has 1 aromatic carbocycles. The Balaban J connectivity index is 2.32. The van der Waals surface area contributed by atoms with Crippen molar-refractivity contribution in [3.8, 4) is 0 Å². The van der Waals surface area contributed by atoms with Gasteiger partial charge in [0.2, 0.25) is 0 Å².